The normalized spacial score (nSPS) is 12.1. The molecule has 1 aromatic carbocycles. The molecule has 2 rings (SSSR count). The Morgan fingerprint density at radius 2 is 2.00 bits per heavy atom. The predicted octanol–water partition coefficient (Wildman–Crippen LogP) is 3.49. The Labute approximate surface area is 106 Å². The van der Waals surface area contributed by atoms with E-state index in [-0.39, 0.29) is 6.04 Å². The molecule has 1 unspecified atom stereocenters. The molecule has 0 aliphatic carbocycles. The van der Waals surface area contributed by atoms with E-state index in [4.69, 9.17) is 17.3 Å². The summed E-state index contributed by atoms with van der Waals surface area (Å²) in [5.41, 5.74) is 7.48. The van der Waals surface area contributed by atoms with Gasteiger partial charge in [-0.25, -0.2) is 4.98 Å². The zero-order valence-electron chi connectivity index (χ0n) is 9.52. The first kappa shape index (κ1) is 11.7. The molecule has 0 aliphatic heterocycles. The SMILES string of the molecule is CC(Nc1ncccc1N)c1ccccc1Cl. The minimum absolute atomic E-state index is 0.0564. The zero-order valence-corrected chi connectivity index (χ0v) is 10.3. The number of rotatable bonds is 3. The summed E-state index contributed by atoms with van der Waals surface area (Å²) in [6.45, 7) is 2.02. The number of nitrogen functional groups attached to an aromatic ring is 1. The summed E-state index contributed by atoms with van der Waals surface area (Å²) in [6.07, 6.45) is 1.71. The molecule has 2 aromatic rings. The van der Waals surface area contributed by atoms with Gasteiger partial charge in [-0.3, -0.25) is 0 Å². The minimum atomic E-state index is 0.0564. The highest BCUT2D eigenvalue weighted by molar-refractivity contribution is 6.31. The van der Waals surface area contributed by atoms with Crippen LogP contribution >= 0.6 is 11.6 Å². The van der Waals surface area contributed by atoms with Crippen molar-refractivity contribution in [1.82, 2.24) is 4.98 Å². The molecule has 3 nitrogen and oxygen atoms in total. The lowest BCUT2D eigenvalue weighted by atomic mass is 10.1. The van der Waals surface area contributed by atoms with Crippen LogP contribution in [0.5, 0.6) is 0 Å². The van der Waals surface area contributed by atoms with Crippen molar-refractivity contribution in [1.29, 1.82) is 0 Å². The van der Waals surface area contributed by atoms with Crippen molar-refractivity contribution in [2.45, 2.75) is 13.0 Å². The number of aromatic nitrogens is 1. The topological polar surface area (TPSA) is 50.9 Å². The van der Waals surface area contributed by atoms with Gasteiger partial charge >= 0.3 is 0 Å². The molecule has 0 radical (unpaired) electrons. The monoisotopic (exact) mass is 247 g/mol. The molecule has 0 saturated carbocycles. The Morgan fingerprint density at radius 3 is 2.71 bits per heavy atom. The van der Waals surface area contributed by atoms with E-state index in [2.05, 4.69) is 10.3 Å². The summed E-state index contributed by atoms with van der Waals surface area (Å²) in [6, 6.07) is 11.4. The van der Waals surface area contributed by atoms with E-state index in [1.54, 1.807) is 12.3 Å². The van der Waals surface area contributed by atoms with Crippen LogP contribution in [0.3, 0.4) is 0 Å². The van der Waals surface area contributed by atoms with Gasteiger partial charge < -0.3 is 11.1 Å². The highest BCUT2D eigenvalue weighted by Crippen LogP contribution is 2.26. The van der Waals surface area contributed by atoms with Gasteiger partial charge in [-0.1, -0.05) is 29.8 Å². The second-order valence-electron chi connectivity index (χ2n) is 3.83. The van der Waals surface area contributed by atoms with Crippen molar-refractivity contribution < 1.29 is 0 Å². The van der Waals surface area contributed by atoms with Crippen LogP contribution in [-0.2, 0) is 0 Å². The fourth-order valence-corrected chi connectivity index (χ4v) is 1.95. The molecule has 1 atom stereocenters. The van der Waals surface area contributed by atoms with Crippen LogP contribution in [0.4, 0.5) is 11.5 Å². The minimum Gasteiger partial charge on any atom is -0.396 e. The second-order valence-corrected chi connectivity index (χ2v) is 4.24. The van der Waals surface area contributed by atoms with Crippen molar-refractivity contribution in [3.63, 3.8) is 0 Å². The molecule has 1 heterocycles. The molecule has 17 heavy (non-hydrogen) atoms. The molecule has 3 N–H and O–H groups in total. The summed E-state index contributed by atoms with van der Waals surface area (Å²) in [5.74, 6) is 0.680. The van der Waals surface area contributed by atoms with Crippen molar-refractivity contribution in [3.8, 4) is 0 Å². The highest BCUT2D eigenvalue weighted by atomic mass is 35.5. The molecule has 0 aliphatic rings. The number of hydrogen-bond donors (Lipinski definition) is 2. The molecule has 0 fully saturated rings. The van der Waals surface area contributed by atoms with E-state index in [0.717, 1.165) is 10.6 Å². The third-order valence-corrected chi connectivity index (χ3v) is 2.91. The van der Waals surface area contributed by atoms with Gasteiger partial charge in [-0.2, -0.15) is 0 Å². The first-order chi connectivity index (χ1) is 8.18. The molecule has 0 amide bonds. The smallest absolute Gasteiger partial charge is 0.149 e. The summed E-state index contributed by atoms with van der Waals surface area (Å²) < 4.78 is 0. The van der Waals surface area contributed by atoms with Gasteiger partial charge in [0.05, 0.1) is 11.7 Å². The van der Waals surface area contributed by atoms with Crippen LogP contribution in [0.2, 0.25) is 5.02 Å². The number of pyridine rings is 1. The third-order valence-electron chi connectivity index (χ3n) is 2.56. The third kappa shape index (κ3) is 2.68. The number of anilines is 2. The average Bonchev–Trinajstić information content (AvgIpc) is 2.32. The largest absolute Gasteiger partial charge is 0.396 e. The first-order valence-electron chi connectivity index (χ1n) is 5.40. The van der Waals surface area contributed by atoms with Crippen LogP contribution in [0.25, 0.3) is 0 Å². The van der Waals surface area contributed by atoms with Crippen LogP contribution in [0.15, 0.2) is 42.6 Å². The number of benzene rings is 1. The molecule has 88 valence electrons. The number of halogens is 1. The molecular formula is C13H14ClN3. The summed E-state index contributed by atoms with van der Waals surface area (Å²) in [5, 5.41) is 3.98. The van der Waals surface area contributed by atoms with Crippen LogP contribution in [0, 0.1) is 0 Å². The van der Waals surface area contributed by atoms with Gasteiger partial charge in [-0.05, 0) is 30.7 Å². The molecular weight excluding hydrogens is 234 g/mol. The Morgan fingerprint density at radius 1 is 1.24 bits per heavy atom. The molecule has 1 aromatic heterocycles. The maximum absolute atomic E-state index is 6.13. The average molecular weight is 248 g/mol. The lowest BCUT2D eigenvalue weighted by Gasteiger charge is -2.17. The van der Waals surface area contributed by atoms with E-state index in [1.165, 1.54) is 0 Å². The second kappa shape index (κ2) is 5.06. The standard InChI is InChI=1S/C13H14ClN3/c1-9(10-5-2-3-6-11(10)14)17-13-12(15)7-4-8-16-13/h2-9H,15H2,1H3,(H,16,17). The fourth-order valence-electron chi connectivity index (χ4n) is 1.65. The van der Waals surface area contributed by atoms with Crippen molar-refractivity contribution in [3.05, 3.63) is 53.2 Å². The summed E-state index contributed by atoms with van der Waals surface area (Å²) >= 11 is 6.13. The lowest BCUT2D eigenvalue weighted by Crippen LogP contribution is -2.10. The van der Waals surface area contributed by atoms with Gasteiger partial charge in [-0.15, -0.1) is 0 Å². The van der Waals surface area contributed by atoms with E-state index in [1.807, 2.05) is 37.3 Å². The van der Waals surface area contributed by atoms with Gasteiger partial charge in [0.15, 0.2) is 0 Å². The summed E-state index contributed by atoms with van der Waals surface area (Å²) in [4.78, 5) is 4.19. The Kier molecular flexibility index (Phi) is 3.49. The number of nitrogens with zero attached hydrogens (tertiary/aromatic N) is 1. The number of hydrogen-bond acceptors (Lipinski definition) is 3. The Hall–Kier alpha value is -1.74. The van der Waals surface area contributed by atoms with E-state index < -0.39 is 0 Å². The maximum Gasteiger partial charge on any atom is 0.149 e. The molecule has 0 saturated heterocycles. The number of nitrogens with two attached hydrogens (primary N) is 1. The molecule has 0 spiro atoms. The van der Waals surface area contributed by atoms with Crippen molar-refractivity contribution in [2.75, 3.05) is 11.1 Å². The van der Waals surface area contributed by atoms with Crippen molar-refractivity contribution >= 4 is 23.1 Å². The van der Waals surface area contributed by atoms with Gasteiger partial charge in [0, 0.05) is 11.2 Å². The van der Waals surface area contributed by atoms with Crippen molar-refractivity contribution in [2.24, 2.45) is 0 Å². The Balaban J connectivity index is 2.20. The predicted molar refractivity (Wildman–Crippen MR) is 72.1 cm³/mol. The van der Waals surface area contributed by atoms with E-state index in [0.29, 0.717) is 11.5 Å². The van der Waals surface area contributed by atoms with Crippen LogP contribution < -0.4 is 11.1 Å². The number of nitrogens with one attached hydrogen (secondary N) is 1. The fraction of sp³-hybridized carbons (Fsp3) is 0.154. The maximum atomic E-state index is 6.13. The van der Waals surface area contributed by atoms with Crippen LogP contribution in [0.1, 0.15) is 18.5 Å². The quantitative estimate of drug-likeness (QED) is 0.873. The van der Waals surface area contributed by atoms with Gasteiger partial charge in [0.1, 0.15) is 5.82 Å². The van der Waals surface area contributed by atoms with Crippen LogP contribution in [-0.4, -0.2) is 4.98 Å². The van der Waals surface area contributed by atoms with Gasteiger partial charge in [0.2, 0.25) is 0 Å². The van der Waals surface area contributed by atoms with E-state index >= 15 is 0 Å². The highest BCUT2D eigenvalue weighted by Gasteiger charge is 2.10. The Bertz CT molecular complexity index is 514. The first-order valence-corrected chi connectivity index (χ1v) is 5.77. The van der Waals surface area contributed by atoms with Gasteiger partial charge in [0.25, 0.3) is 0 Å². The van der Waals surface area contributed by atoms with E-state index in [9.17, 15) is 0 Å². The lowest BCUT2D eigenvalue weighted by molar-refractivity contribution is 0.876. The summed E-state index contributed by atoms with van der Waals surface area (Å²) in [7, 11) is 0. The molecule has 4 heteroatoms. The zero-order chi connectivity index (χ0) is 12.3. The molecule has 0 bridgehead atoms.